The van der Waals surface area contributed by atoms with E-state index in [0.717, 1.165) is 35.3 Å². The third kappa shape index (κ3) is 4.28. The summed E-state index contributed by atoms with van der Waals surface area (Å²) in [6.07, 6.45) is -6.32. The Morgan fingerprint density at radius 3 is 2.06 bits per heavy atom. The fourth-order valence-electron chi connectivity index (χ4n) is 3.47. The summed E-state index contributed by atoms with van der Waals surface area (Å²) in [6, 6.07) is 11.8. The SMILES string of the molecule is CN(c1ccccn1)N1C(=O)c2ccc(C(F)(F)F)cc2/C1=C/c1ccc(C(F)(F)F)cc1. The van der Waals surface area contributed by atoms with Crippen molar-refractivity contribution in [1.29, 1.82) is 0 Å². The van der Waals surface area contributed by atoms with E-state index in [1.165, 1.54) is 36.5 Å². The summed E-state index contributed by atoms with van der Waals surface area (Å²) in [7, 11) is 1.51. The van der Waals surface area contributed by atoms with Crippen molar-refractivity contribution in [2.24, 2.45) is 0 Å². The molecule has 1 amide bonds. The maximum atomic E-state index is 13.3. The summed E-state index contributed by atoms with van der Waals surface area (Å²) < 4.78 is 78.7. The van der Waals surface area contributed by atoms with Gasteiger partial charge in [-0.25, -0.2) is 9.99 Å². The van der Waals surface area contributed by atoms with Crippen molar-refractivity contribution in [2.75, 3.05) is 12.1 Å². The van der Waals surface area contributed by atoms with E-state index in [1.807, 2.05) is 0 Å². The highest BCUT2D eigenvalue weighted by atomic mass is 19.4. The molecule has 0 spiro atoms. The lowest BCUT2D eigenvalue weighted by Crippen LogP contribution is -2.39. The van der Waals surface area contributed by atoms with Crippen molar-refractivity contribution < 1.29 is 31.1 Å². The molecule has 0 atom stereocenters. The van der Waals surface area contributed by atoms with Crippen LogP contribution in [0.25, 0.3) is 11.8 Å². The van der Waals surface area contributed by atoms with Gasteiger partial charge in [-0.05, 0) is 54.1 Å². The number of carbonyl (C=O) groups excluding carboxylic acids is 1. The van der Waals surface area contributed by atoms with E-state index in [9.17, 15) is 31.1 Å². The molecular formula is C23H15F6N3O. The van der Waals surface area contributed by atoms with Crippen LogP contribution in [0.15, 0.2) is 66.9 Å². The second kappa shape index (κ2) is 7.95. The monoisotopic (exact) mass is 463 g/mol. The van der Waals surface area contributed by atoms with Crippen LogP contribution in [-0.2, 0) is 12.4 Å². The Bertz CT molecular complexity index is 1220. The number of carbonyl (C=O) groups is 1. The van der Waals surface area contributed by atoms with E-state index in [0.29, 0.717) is 5.82 Å². The lowest BCUT2D eigenvalue weighted by molar-refractivity contribution is -0.138. The number of nitrogens with zero attached hydrogens (tertiary/aromatic N) is 3. The van der Waals surface area contributed by atoms with Crippen LogP contribution in [0.4, 0.5) is 32.2 Å². The number of anilines is 1. The van der Waals surface area contributed by atoms with Crippen molar-refractivity contribution in [1.82, 2.24) is 9.99 Å². The largest absolute Gasteiger partial charge is 0.416 e. The summed E-state index contributed by atoms with van der Waals surface area (Å²) in [4.78, 5) is 17.3. The van der Waals surface area contributed by atoms with Crippen LogP contribution in [0.2, 0.25) is 0 Å². The molecule has 0 fully saturated rings. The van der Waals surface area contributed by atoms with E-state index in [-0.39, 0.29) is 22.4 Å². The Balaban J connectivity index is 1.86. The van der Waals surface area contributed by atoms with Crippen molar-refractivity contribution in [3.05, 3.63) is 94.7 Å². The zero-order valence-electron chi connectivity index (χ0n) is 16.9. The Hall–Kier alpha value is -3.82. The van der Waals surface area contributed by atoms with Gasteiger partial charge in [0, 0.05) is 18.8 Å². The normalized spacial score (nSPS) is 15.2. The standard InChI is InChI=1S/C23H15F6N3O/c1-31(20-4-2-3-11-30-20)32-19(12-14-5-7-15(8-6-14)22(24,25)26)18-13-16(23(27,28)29)9-10-17(18)21(32)33/h2-13H,1H3/b19-12-. The van der Waals surface area contributed by atoms with Crippen LogP contribution >= 0.6 is 0 Å². The maximum absolute atomic E-state index is 13.3. The van der Waals surface area contributed by atoms with Gasteiger partial charge in [0.25, 0.3) is 5.91 Å². The highest BCUT2D eigenvalue weighted by Gasteiger charge is 2.39. The molecule has 0 radical (unpaired) electrons. The molecule has 10 heteroatoms. The maximum Gasteiger partial charge on any atom is 0.416 e. The van der Waals surface area contributed by atoms with Crippen molar-refractivity contribution >= 4 is 23.5 Å². The molecule has 2 heterocycles. The second-order valence-corrected chi connectivity index (χ2v) is 7.24. The van der Waals surface area contributed by atoms with Crippen LogP contribution in [0.1, 0.15) is 32.6 Å². The molecule has 2 aromatic carbocycles. The number of aromatic nitrogens is 1. The molecule has 4 nitrogen and oxygen atoms in total. The Labute approximate surface area is 184 Å². The molecule has 0 saturated carbocycles. The number of alkyl halides is 6. The smallest absolute Gasteiger partial charge is 0.267 e. The minimum atomic E-state index is -4.64. The summed E-state index contributed by atoms with van der Waals surface area (Å²) in [6.45, 7) is 0. The molecule has 0 saturated heterocycles. The molecule has 0 aliphatic carbocycles. The summed E-state index contributed by atoms with van der Waals surface area (Å²) in [5, 5.41) is 2.51. The minimum Gasteiger partial charge on any atom is -0.267 e. The van der Waals surface area contributed by atoms with Gasteiger partial charge in [0.05, 0.1) is 22.4 Å². The molecule has 1 aromatic heterocycles. The first-order valence-corrected chi connectivity index (χ1v) is 9.56. The van der Waals surface area contributed by atoms with Crippen molar-refractivity contribution in [3.8, 4) is 0 Å². The third-order valence-corrected chi connectivity index (χ3v) is 5.10. The van der Waals surface area contributed by atoms with E-state index >= 15 is 0 Å². The number of halogens is 6. The number of pyridine rings is 1. The fraction of sp³-hybridized carbons (Fsp3) is 0.130. The summed E-state index contributed by atoms with van der Waals surface area (Å²) in [5.74, 6) is -0.252. The fourth-order valence-corrected chi connectivity index (χ4v) is 3.47. The first kappa shape index (κ1) is 22.4. The van der Waals surface area contributed by atoms with Gasteiger partial charge in [0.15, 0.2) is 0 Å². The number of hydrogen-bond donors (Lipinski definition) is 0. The molecule has 1 aliphatic rings. The average Bonchev–Trinajstić information content (AvgIpc) is 3.04. The zero-order valence-corrected chi connectivity index (χ0v) is 16.9. The number of fused-ring (bicyclic) bond motifs is 1. The predicted molar refractivity (Wildman–Crippen MR) is 110 cm³/mol. The first-order chi connectivity index (χ1) is 15.5. The molecule has 170 valence electrons. The Kier molecular flexibility index (Phi) is 5.39. The first-order valence-electron chi connectivity index (χ1n) is 9.56. The third-order valence-electron chi connectivity index (χ3n) is 5.10. The highest BCUT2D eigenvalue weighted by Crippen LogP contribution is 2.40. The van der Waals surface area contributed by atoms with Gasteiger partial charge in [-0.2, -0.15) is 26.3 Å². The zero-order chi connectivity index (χ0) is 24.0. The molecule has 4 rings (SSSR count). The molecule has 0 N–H and O–H groups in total. The van der Waals surface area contributed by atoms with Crippen LogP contribution in [0.3, 0.4) is 0 Å². The molecular weight excluding hydrogens is 448 g/mol. The molecule has 0 bridgehead atoms. The number of rotatable bonds is 3. The van der Waals surface area contributed by atoms with Gasteiger partial charge in [-0.15, -0.1) is 0 Å². The van der Waals surface area contributed by atoms with Gasteiger partial charge >= 0.3 is 12.4 Å². The summed E-state index contributed by atoms with van der Waals surface area (Å²) in [5.41, 5.74) is -1.42. The van der Waals surface area contributed by atoms with Gasteiger partial charge in [-0.1, -0.05) is 18.2 Å². The van der Waals surface area contributed by atoms with Crippen LogP contribution in [0.5, 0.6) is 0 Å². The number of hydrazine groups is 1. The van der Waals surface area contributed by atoms with E-state index in [4.69, 9.17) is 0 Å². The number of benzene rings is 2. The van der Waals surface area contributed by atoms with Crippen molar-refractivity contribution in [3.63, 3.8) is 0 Å². The van der Waals surface area contributed by atoms with Crippen LogP contribution in [0, 0.1) is 0 Å². The van der Waals surface area contributed by atoms with Gasteiger partial charge in [-0.3, -0.25) is 9.80 Å². The number of hydrogen-bond acceptors (Lipinski definition) is 3. The Morgan fingerprint density at radius 1 is 0.848 bits per heavy atom. The van der Waals surface area contributed by atoms with Crippen LogP contribution < -0.4 is 5.01 Å². The lowest BCUT2D eigenvalue weighted by atomic mass is 10.0. The van der Waals surface area contributed by atoms with Crippen molar-refractivity contribution in [2.45, 2.75) is 12.4 Å². The second-order valence-electron chi connectivity index (χ2n) is 7.24. The quantitative estimate of drug-likeness (QED) is 0.439. The van der Waals surface area contributed by atoms with E-state index in [1.54, 1.807) is 18.2 Å². The Morgan fingerprint density at radius 2 is 1.48 bits per heavy atom. The average molecular weight is 463 g/mol. The predicted octanol–water partition coefficient (Wildman–Crippen LogP) is 6.12. The van der Waals surface area contributed by atoms with Gasteiger partial charge in [0.2, 0.25) is 0 Å². The lowest BCUT2D eigenvalue weighted by Gasteiger charge is -2.30. The minimum absolute atomic E-state index is 0.0116. The number of amides is 1. The van der Waals surface area contributed by atoms with Gasteiger partial charge < -0.3 is 0 Å². The van der Waals surface area contributed by atoms with Gasteiger partial charge in [0.1, 0.15) is 5.82 Å². The van der Waals surface area contributed by atoms with Crippen LogP contribution in [-0.4, -0.2) is 22.9 Å². The molecule has 1 aliphatic heterocycles. The van der Waals surface area contributed by atoms with E-state index < -0.39 is 29.4 Å². The molecule has 3 aromatic rings. The highest BCUT2D eigenvalue weighted by molar-refractivity contribution is 6.12. The molecule has 33 heavy (non-hydrogen) atoms. The van der Waals surface area contributed by atoms with E-state index in [2.05, 4.69) is 4.98 Å². The topological polar surface area (TPSA) is 36.4 Å². The summed E-state index contributed by atoms with van der Waals surface area (Å²) >= 11 is 0. The molecule has 0 unspecified atom stereocenters.